The van der Waals surface area contributed by atoms with E-state index in [1.807, 2.05) is 0 Å². The second-order valence-electron chi connectivity index (χ2n) is 6.17. The van der Waals surface area contributed by atoms with Gasteiger partial charge < -0.3 is 14.0 Å². The van der Waals surface area contributed by atoms with Crippen molar-refractivity contribution in [3.8, 4) is 0 Å². The molecule has 166 valence electrons. The van der Waals surface area contributed by atoms with Crippen LogP contribution in [0.15, 0.2) is 41.4 Å². The highest BCUT2D eigenvalue weighted by Crippen LogP contribution is 2.25. The van der Waals surface area contributed by atoms with Gasteiger partial charge >= 0.3 is 16.9 Å². The number of nitrogens with zero attached hydrogens (tertiary/aromatic N) is 3. The van der Waals surface area contributed by atoms with Crippen LogP contribution in [0.4, 0.5) is 5.00 Å². The Balaban J connectivity index is 1.98. The summed E-state index contributed by atoms with van der Waals surface area (Å²) in [6.45, 7) is 1.76. The quantitative estimate of drug-likeness (QED) is 0.222. The number of carbonyl (C=O) groups is 3. The Morgan fingerprint density at radius 3 is 2.66 bits per heavy atom. The first-order valence-corrected chi connectivity index (χ1v) is 10.8. The molecular weight excluding hydrogens is 458 g/mol. The number of methoxy groups -OCH3 is 1. The van der Waals surface area contributed by atoms with Gasteiger partial charge in [-0.2, -0.15) is 4.99 Å². The highest BCUT2D eigenvalue weighted by Gasteiger charge is 2.14. The third-order valence-corrected chi connectivity index (χ3v) is 6.14. The van der Waals surface area contributed by atoms with Crippen LogP contribution in [0.5, 0.6) is 0 Å². The van der Waals surface area contributed by atoms with Gasteiger partial charge in [0.25, 0.3) is 5.91 Å². The van der Waals surface area contributed by atoms with E-state index >= 15 is 0 Å². The molecule has 0 aliphatic rings. The van der Waals surface area contributed by atoms with Crippen molar-refractivity contribution in [2.45, 2.75) is 13.5 Å². The van der Waals surface area contributed by atoms with Crippen molar-refractivity contribution in [2.75, 3.05) is 13.7 Å². The number of thiophene rings is 1. The second kappa shape index (κ2) is 10.1. The summed E-state index contributed by atoms with van der Waals surface area (Å²) < 4.78 is 11.9. The largest absolute Gasteiger partial charge is 0.468 e. The summed E-state index contributed by atoms with van der Waals surface area (Å²) in [5, 5.41) is 10.7. The van der Waals surface area contributed by atoms with Gasteiger partial charge in [-0.15, -0.1) is 0 Å². The second-order valence-corrected chi connectivity index (χ2v) is 8.27. The molecule has 12 heteroatoms. The number of nitro groups is 1. The van der Waals surface area contributed by atoms with E-state index in [1.54, 1.807) is 25.1 Å². The molecule has 3 aromatic rings. The Hall–Kier alpha value is -3.64. The monoisotopic (exact) mass is 475 g/mol. The number of hydrogen-bond acceptors (Lipinski definition) is 9. The van der Waals surface area contributed by atoms with Gasteiger partial charge in [-0.05, 0) is 37.3 Å². The van der Waals surface area contributed by atoms with Crippen molar-refractivity contribution in [3.05, 3.63) is 61.8 Å². The number of amides is 1. The predicted octanol–water partition coefficient (Wildman–Crippen LogP) is 3.16. The molecule has 0 spiro atoms. The average molecular weight is 476 g/mol. The first-order chi connectivity index (χ1) is 15.3. The predicted molar refractivity (Wildman–Crippen MR) is 118 cm³/mol. The Morgan fingerprint density at radius 2 is 2.00 bits per heavy atom. The number of benzene rings is 1. The van der Waals surface area contributed by atoms with E-state index in [4.69, 9.17) is 9.47 Å². The van der Waals surface area contributed by atoms with E-state index in [-0.39, 0.29) is 23.0 Å². The minimum Gasteiger partial charge on any atom is -0.468 e. The summed E-state index contributed by atoms with van der Waals surface area (Å²) in [7, 11) is 1.25. The Kier molecular flexibility index (Phi) is 7.28. The van der Waals surface area contributed by atoms with Crippen LogP contribution in [-0.4, -0.2) is 41.1 Å². The van der Waals surface area contributed by atoms with Crippen LogP contribution < -0.4 is 4.80 Å². The fraction of sp³-hybridized carbons (Fsp3) is 0.200. The first-order valence-electron chi connectivity index (χ1n) is 9.20. The lowest BCUT2D eigenvalue weighted by molar-refractivity contribution is -0.380. The molecule has 0 radical (unpaired) electrons. The Bertz CT molecular complexity index is 1300. The van der Waals surface area contributed by atoms with Crippen LogP contribution in [0.1, 0.15) is 22.2 Å². The van der Waals surface area contributed by atoms with Crippen LogP contribution in [0.3, 0.4) is 0 Å². The molecule has 2 heterocycles. The molecule has 0 saturated heterocycles. The number of rotatable bonds is 7. The maximum atomic E-state index is 12.4. The summed E-state index contributed by atoms with van der Waals surface area (Å²) in [5.41, 5.74) is 0.931. The number of aromatic nitrogens is 1. The van der Waals surface area contributed by atoms with E-state index in [0.29, 0.717) is 20.7 Å². The molecule has 3 rings (SSSR count). The van der Waals surface area contributed by atoms with E-state index < -0.39 is 22.8 Å². The molecule has 0 aliphatic heterocycles. The first kappa shape index (κ1) is 23.0. The van der Waals surface area contributed by atoms with Crippen LogP contribution in [0.25, 0.3) is 16.3 Å². The molecule has 2 aromatic heterocycles. The number of carbonyl (C=O) groups excluding carboxylic acids is 3. The van der Waals surface area contributed by atoms with Crippen molar-refractivity contribution in [3.63, 3.8) is 0 Å². The molecule has 0 saturated carbocycles. The maximum Gasteiger partial charge on any atom is 0.338 e. The van der Waals surface area contributed by atoms with Crippen LogP contribution in [0.2, 0.25) is 0 Å². The van der Waals surface area contributed by atoms with Gasteiger partial charge in [-0.3, -0.25) is 19.7 Å². The van der Waals surface area contributed by atoms with Crippen molar-refractivity contribution in [1.29, 1.82) is 0 Å². The standard InChI is InChI=1S/C20H17N3O7S2/c1-3-30-19(26)12-4-7-14-15(10-12)32-20(22(14)11-18(25)29-2)21-16(24)8-5-13-6-9-17(31-13)23(27)28/h4-10H,3,11H2,1-2H3/b8-5-,21-20?. The fourth-order valence-electron chi connectivity index (χ4n) is 2.66. The highest BCUT2D eigenvalue weighted by molar-refractivity contribution is 7.16. The molecule has 0 unspecified atom stereocenters. The summed E-state index contributed by atoms with van der Waals surface area (Å²) in [5.74, 6) is -1.63. The van der Waals surface area contributed by atoms with Crippen LogP contribution >= 0.6 is 22.7 Å². The van der Waals surface area contributed by atoms with Crippen molar-refractivity contribution >= 4 is 61.8 Å². The van der Waals surface area contributed by atoms with Crippen molar-refractivity contribution in [1.82, 2.24) is 4.57 Å². The Morgan fingerprint density at radius 1 is 1.22 bits per heavy atom. The van der Waals surface area contributed by atoms with Gasteiger partial charge in [-0.1, -0.05) is 22.7 Å². The number of thiazole rings is 1. The lowest BCUT2D eigenvalue weighted by Crippen LogP contribution is -2.22. The molecule has 0 atom stereocenters. The molecule has 0 aliphatic carbocycles. The van der Waals surface area contributed by atoms with Gasteiger partial charge in [0, 0.05) is 17.0 Å². The smallest absolute Gasteiger partial charge is 0.338 e. The van der Waals surface area contributed by atoms with E-state index in [1.165, 1.54) is 36.0 Å². The topological polar surface area (TPSA) is 130 Å². The fourth-order valence-corrected chi connectivity index (χ4v) is 4.46. The van der Waals surface area contributed by atoms with E-state index in [0.717, 1.165) is 22.7 Å². The summed E-state index contributed by atoms with van der Waals surface area (Å²) in [6.07, 6.45) is 2.62. The molecule has 32 heavy (non-hydrogen) atoms. The zero-order chi connectivity index (χ0) is 23.3. The molecule has 10 nitrogen and oxygen atoms in total. The third-order valence-electron chi connectivity index (χ3n) is 4.10. The van der Waals surface area contributed by atoms with Gasteiger partial charge in [0.2, 0.25) is 0 Å². The van der Waals surface area contributed by atoms with Gasteiger partial charge in [0.15, 0.2) is 4.80 Å². The molecule has 0 fully saturated rings. The lowest BCUT2D eigenvalue weighted by Gasteiger charge is -2.04. The van der Waals surface area contributed by atoms with Gasteiger partial charge in [0.05, 0.1) is 34.4 Å². The number of ether oxygens (including phenoxy) is 2. The highest BCUT2D eigenvalue weighted by atomic mass is 32.1. The summed E-state index contributed by atoms with van der Waals surface area (Å²) in [6, 6.07) is 7.70. The molecule has 0 N–H and O–H groups in total. The van der Waals surface area contributed by atoms with Crippen molar-refractivity contribution in [2.24, 2.45) is 4.99 Å². The minimum atomic E-state index is -0.614. The number of hydrogen-bond donors (Lipinski definition) is 0. The average Bonchev–Trinajstić information content (AvgIpc) is 3.37. The third kappa shape index (κ3) is 5.34. The van der Waals surface area contributed by atoms with Crippen LogP contribution in [-0.2, 0) is 25.6 Å². The molecule has 1 amide bonds. The SMILES string of the molecule is CCOC(=O)c1ccc2c(c1)sc(=NC(=O)/C=C\c1ccc([N+](=O)[O-])s1)n2CC(=O)OC. The maximum absolute atomic E-state index is 12.4. The normalized spacial score (nSPS) is 11.8. The van der Waals surface area contributed by atoms with Gasteiger partial charge in [0.1, 0.15) is 6.54 Å². The molecular formula is C20H17N3O7S2. The minimum absolute atomic E-state index is 0.0353. The summed E-state index contributed by atoms with van der Waals surface area (Å²) >= 11 is 2.05. The molecule has 1 aromatic carbocycles. The van der Waals surface area contributed by atoms with Crippen molar-refractivity contribution < 1.29 is 28.8 Å². The zero-order valence-electron chi connectivity index (χ0n) is 17.0. The zero-order valence-corrected chi connectivity index (χ0v) is 18.6. The Labute approximate surface area is 189 Å². The number of fused-ring (bicyclic) bond motifs is 1. The molecule has 0 bridgehead atoms. The lowest BCUT2D eigenvalue weighted by atomic mass is 10.2. The number of esters is 2. The van der Waals surface area contributed by atoms with E-state index in [9.17, 15) is 24.5 Å². The van der Waals surface area contributed by atoms with Crippen LogP contribution in [0, 0.1) is 10.1 Å². The van der Waals surface area contributed by atoms with Gasteiger partial charge in [-0.25, -0.2) is 4.79 Å². The summed E-state index contributed by atoms with van der Waals surface area (Å²) in [4.78, 5) is 51.4. The van der Waals surface area contributed by atoms with E-state index in [2.05, 4.69) is 4.99 Å².